The van der Waals surface area contributed by atoms with Gasteiger partial charge >= 0.3 is 0 Å². The summed E-state index contributed by atoms with van der Waals surface area (Å²) in [5.41, 5.74) is 9.67. The molecule has 1 aliphatic rings. The highest BCUT2D eigenvalue weighted by Crippen LogP contribution is 2.27. The predicted octanol–water partition coefficient (Wildman–Crippen LogP) is 3.68. The molecular weight excluding hydrogens is 452 g/mol. The molecule has 3 rings (SSSR count). The Hall–Kier alpha value is -3.85. The van der Waals surface area contributed by atoms with Crippen LogP contribution in [0, 0.1) is 19.3 Å². The van der Waals surface area contributed by atoms with E-state index in [2.05, 4.69) is 57.5 Å². The molecule has 2 aromatic heterocycles. The van der Waals surface area contributed by atoms with Gasteiger partial charge in [0.15, 0.2) is 0 Å². The number of pyridine rings is 1. The summed E-state index contributed by atoms with van der Waals surface area (Å²) in [6.07, 6.45) is 11.3. The van der Waals surface area contributed by atoms with Crippen molar-refractivity contribution in [3.05, 3.63) is 72.9 Å². The van der Waals surface area contributed by atoms with E-state index in [9.17, 15) is 4.79 Å². The Morgan fingerprint density at radius 2 is 1.92 bits per heavy atom. The van der Waals surface area contributed by atoms with Crippen molar-refractivity contribution in [3.8, 4) is 0 Å². The molecule has 36 heavy (non-hydrogen) atoms. The Morgan fingerprint density at radius 3 is 2.47 bits per heavy atom. The lowest BCUT2D eigenvalue weighted by molar-refractivity contribution is -0.111. The fourth-order valence-corrected chi connectivity index (χ4v) is 3.82. The Morgan fingerprint density at radius 1 is 1.22 bits per heavy atom. The molecule has 5 N–H and O–H groups in total. The first-order valence-corrected chi connectivity index (χ1v) is 11.9. The van der Waals surface area contributed by atoms with Gasteiger partial charge in [-0.15, -0.1) is 0 Å². The number of nitrogens with one attached hydrogen (secondary N) is 3. The molecule has 0 spiro atoms. The minimum Gasteiger partial charge on any atom is -0.404 e. The predicted molar refractivity (Wildman–Crippen MR) is 147 cm³/mol. The summed E-state index contributed by atoms with van der Waals surface area (Å²) in [6.45, 7) is 19.1. The Bertz CT molecular complexity index is 1110. The number of anilines is 1. The van der Waals surface area contributed by atoms with E-state index < -0.39 is 5.91 Å². The van der Waals surface area contributed by atoms with Crippen molar-refractivity contribution in [1.82, 2.24) is 25.2 Å². The van der Waals surface area contributed by atoms with Gasteiger partial charge in [0.2, 0.25) is 0 Å². The van der Waals surface area contributed by atoms with E-state index in [1.54, 1.807) is 19.3 Å². The second kappa shape index (κ2) is 13.3. The number of hydrogen-bond acceptors (Lipinski definition) is 8. The Labute approximate surface area is 214 Å². The van der Waals surface area contributed by atoms with Gasteiger partial charge in [0.05, 0.1) is 40.7 Å². The van der Waals surface area contributed by atoms with E-state index in [1.807, 2.05) is 13.0 Å². The highest BCUT2D eigenvalue weighted by Gasteiger charge is 2.30. The minimum absolute atomic E-state index is 0.190. The van der Waals surface area contributed by atoms with Crippen LogP contribution in [0.15, 0.2) is 50.2 Å². The third-order valence-electron chi connectivity index (χ3n) is 6.06. The third-order valence-corrected chi connectivity index (χ3v) is 6.06. The molecule has 0 unspecified atom stereocenters. The van der Waals surface area contributed by atoms with Gasteiger partial charge in [-0.05, 0) is 64.9 Å². The van der Waals surface area contributed by atoms with Crippen molar-refractivity contribution in [2.75, 3.05) is 25.0 Å². The van der Waals surface area contributed by atoms with E-state index in [0.29, 0.717) is 33.9 Å². The third kappa shape index (κ3) is 7.84. The number of carbonyl (C=O) groups excluding carboxylic acids is 1. The van der Waals surface area contributed by atoms with Gasteiger partial charge < -0.3 is 21.8 Å². The molecule has 9 nitrogen and oxygen atoms in total. The zero-order valence-electron chi connectivity index (χ0n) is 21.8. The number of allylic oxidation sites excluding steroid dienone is 1. The average Bonchev–Trinajstić information content (AvgIpc) is 3.20. The minimum atomic E-state index is -0.402. The molecule has 1 fully saturated rings. The van der Waals surface area contributed by atoms with E-state index in [-0.39, 0.29) is 5.57 Å². The second-order valence-electron chi connectivity index (χ2n) is 9.20. The van der Waals surface area contributed by atoms with Crippen molar-refractivity contribution in [1.29, 1.82) is 5.41 Å². The van der Waals surface area contributed by atoms with E-state index in [4.69, 9.17) is 11.1 Å². The molecule has 0 aromatic carbocycles. The second-order valence-corrected chi connectivity index (χ2v) is 9.20. The number of aromatic nitrogens is 3. The van der Waals surface area contributed by atoms with Crippen LogP contribution in [0.25, 0.3) is 11.1 Å². The highest BCUT2D eigenvalue weighted by atomic mass is 16.1. The van der Waals surface area contributed by atoms with Gasteiger partial charge in [0.25, 0.3) is 5.91 Å². The SMILES string of the molecule is C=C(C=N)c1cnc(/C(=C\N)C(=O)Nc2cc(C)cnc2C)cn1.C=CNCCN1CCCC1(C)C. The number of nitrogens with zero attached hydrogens (tertiary/aromatic N) is 4. The molecule has 0 bridgehead atoms. The largest absolute Gasteiger partial charge is 0.404 e. The molecule has 1 aliphatic heterocycles. The van der Waals surface area contributed by atoms with E-state index in [0.717, 1.165) is 24.9 Å². The van der Waals surface area contributed by atoms with Crippen molar-refractivity contribution in [2.24, 2.45) is 5.73 Å². The van der Waals surface area contributed by atoms with Crippen molar-refractivity contribution < 1.29 is 4.79 Å². The zero-order chi connectivity index (χ0) is 26.7. The molecule has 9 heteroatoms. The normalized spacial score (nSPS) is 14.8. The summed E-state index contributed by atoms with van der Waals surface area (Å²) in [5, 5.41) is 13.1. The average molecular weight is 491 g/mol. The van der Waals surface area contributed by atoms with Crippen LogP contribution in [-0.4, -0.2) is 57.1 Å². The summed E-state index contributed by atoms with van der Waals surface area (Å²) in [5.74, 6) is -0.402. The van der Waals surface area contributed by atoms with Crippen LogP contribution < -0.4 is 16.4 Å². The summed E-state index contributed by atoms with van der Waals surface area (Å²) in [6, 6.07) is 1.83. The van der Waals surface area contributed by atoms with Crippen molar-refractivity contribution >= 4 is 29.0 Å². The number of aryl methyl sites for hydroxylation is 2. The van der Waals surface area contributed by atoms with Gasteiger partial charge in [-0.1, -0.05) is 13.2 Å². The fourth-order valence-electron chi connectivity index (χ4n) is 3.82. The molecule has 0 radical (unpaired) electrons. The monoisotopic (exact) mass is 490 g/mol. The molecule has 0 aliphatic carbocycles. The number of carbonyl (C=O) groups is 1. The first-order chi connectivity index (χ1) is 17.1. The van der Waals surface area contributed by atoms with Gasteiger partial charge in [-0.2, -0.15) is 0 Å². The molecular formula is C27H38N8O. The van der Waals surface area contributed by atoms with Gasteiger partial charge in [-0.25, -0.2) is 0 Å². The highest BCUT2D eigenvalue weighted by molar-refractivity contribution is 6.24. The number of amides is 1. The number of rotatable bonds is 9. The van der Waals surface area contributed by atoms with Crippen LogP contribution in [0.4, 0.5) is 5.69 Å². The summed E-state index contributed by atoms with van der Waals surface area (Å²) in [7, 11) is 0. The lowest BCUT2D eigenvalue weighted by Gasteiger charge is -2.31. The lowest BCUT2D eigenvalue weighted by Crippen LogP contribution is -2.41. The summed E-state index contributed by atoms with van der Waals surface area (Å²) >= 11 is 0. The van der Waals surface area contributed by atoms with Crippen LogP contribution in [-0.2, 0) is 4.79 Å². The number of hydrogen-bond donors (Lipinski definition) is 4. The zero-order valence-corrected chi connectivity index (χ0v) is 21.8. The van der Waals surface area contributed by atoms with Gasteiger partial charge in [-0.3, -0.25) is 24.6 Å². The first kappa shape index (κ1) is 28.4. The molecule has 1 amide bonds. The molecule has 1 saturated heterocycles. The van der Waals surface area contributed by atoms with E-state index >= 15 is 0 Å². The quantitative estimate of drug-likeness (QED) is 0.239. The maximum atomic E-state index is 12.5. The van der Waals surface area contributed by atoms with E-state index in [1.165, 1.54) is 38.0 Å². The van der Waals surface area contributed by atoms with Crippen molar-refractivity contribution in [2.45, 2.75) is 46.1 Å². The molecule has 192 valence electrons. The molecule has 3 heterocycles. The standard InChI is InChI=1S/C17H18N6O.C10H20N2/c1-10-4-14(12(3)20-7-10)23-17(24)13(6-19)16-9-21-15(8-22-16)11(2)5-18;1-4-11-7-9-12-8-5-6-10(12,2)3/h4-9,18H,2,19H2,1,3H3,(H,23,24);4,11H,1,5-9H2,2-3H3/b13-6+,18-5?;. The van der Waals surface area contributed by atoms with Crippen LogP contribution >= 0.6 is 0 Å². The smallest absolute Gasteiger partial charge is 0.259 e. The number of likely N-dealkylation sites (tertiary alicyclic amines) is 1. The Kier molecular flexibility index (Phi) is 10.5. The van der Waals surface area contributed by atoms with Gasteiger partial charge in [0, 0.05) is 42.8 Å². The first-order valence-electron chi connectivity index (χ1n) is 11.9. The maximum absolute atomic E-state index is 12.5. The lowest BCUT2D eigenvalue weighted by atomic mass is 10.0. The van der Waals surface area contributed by atoms with Crippen LogP contribution in [0.2, 0.25) is 0 Å². The summed E-state index contributed by atoms with van der Waals surface area (Å²) < 4.78 is 0. The maximum Gasteiger partial charge on any atom is 0.259 e. The van der Waals surface area contributed by atoms with Crippen LogP contribution in [0.3, 0.4) is 0 Å². The number of nitrogens with two attached hydrogens (primary N) is 1. The molecule has 2 aromatic rings. The fraction of sp³-hybridized carbons (Fsp3) is 0.370. The van der Waals surface area contributed by atoms with Gasteiger partial charge in [0.1, 0.15) is 0 Å². The Balaban J connectivity index is 0.000000319. The van der Waals surface area contributed by atoms with Crippen LogP contribution in [0.5, 0.6) is 0 Å². The molecule has 0 saturated carbocycles. The summed E-state index contributed by atoms with van der Waals surface area (Å²) in [4.78, 5) is 27.5. The topological polar surface area (TPSA) is 133 Å². The van der Waals surface area contributed by atoms with Crippen molar-refractivity contribution in [3.63, 3.8) is 0 Å². The van der Waals surface area contributed by atoms with Crippen LogP contribution in [0.1, 0.15) is 49.3 Å². The molecule has 0 atom stereocenters.